The average molecular weight is 412 g/mol. The molecule has 112 valence electrons. The van der Waals surface area contributed by atoms with Gasteiger partial charge in [-0.3, -0.25) is 0 Å². The fraction of sp³-hybridized carbons (Fsp3) is 0.333. The molecule has 0 fully saturated rings. The highest BCUT2D eigenvalue weighted by atomic mass is 79.9. The van der Waals surface area contributed by atoms with Crippen LogP contribution in [-0.2, 0) is 0 Å². The molecule has 3 heteroatoms. The number of rotatable bonds is 5. The Labute approximate surface area is 144 Å². The van der Waals surface area contributed by atoms with E-state index in [-0.39, 0.29) is 4.83 Å². The highest BCUT2D eigenvalue weighted by Crippen LogP contribution is 2.44. The lowest BCUT2D eigenvalue weighted by Gasteiger charge is -2.24. The summed E-state index contributed by atoms with van der Waals surface area (Å²) in [5.41, 5.74) is 3.72. The van der Waals surface area contributed by atoms with E-state index in [0.29, 0.717) is 5.92 Å². The molecule has 2 atom stereocenters. The third kappa shape index (κ3) is 3.70. The van der Waals surface area contributed by atoms with Crippen molar-refractivity contribution < 1.29 is 4.74 Å². The number of hydrogen-bond acceptors (Lipinski definition) is 1. The molecule has 0 radical (unpaired) electrons. The van der Waals surface area contributed by atoms with E-state index in [1.807, 2.05) is 0 Å². The van der Waals surface area contributed by atoms with Gasteiger partial charge in [-0.05, 0) is 36.6 Å². The van der Waals surface area contributed by atoms with E-state index < -0.39 is 0 Å². The van der Waals surface area contributed by atoms with Crippen molar-refractivity contribution in [3.05, 3.63) is 63.6 Å². The molecule has 0 aliphatic carbocycles. The van der Waals surface area contributed by atoms with Crippen LogP contribution in [-0.4, -0.2) is 7.11 Å². The van der Waals surface area contributed by atoms with E-state index in [2.05, 4.69) is 88.2 Å². The third-order valence-electron chi connectivity index (χ3n) is 3.83. The summed E-state index contributed by atoms with van der Waals surface area (Å²) in [4.78, 5) is 0.219. The minimum absolute atomic E-state index is 0.219. The lowest BCUT2D eigenvalue weighted by atomic mass is 9.89. The molecule has 0 aromatic heterocycles. The van der Waals surface area contributed by atoms with Crippen LogP contribution in [0.2, 0.25) is 0 Å². The normalized spacial score (nSPS) is 13.8. The van der Waals surface area contributed by atoms with Gasteiger partial charge >= 0.3 is 0 Å². The number of alkyl halides is 1. The Kier molecular flexibility index (Phi) is 5.88. The quantitative estimate of drug-likeness (QED) is 0.517. The van der Waals surface area contributed by atoms with Crippen molar-refractivity contribution in [1.29, 1.82) is 0 Å². The Morgan fingerprint density at radius 1 is 1.14 bits per heavy atom. The highest BCUT2D eigenvalue weighted by molar-refractivity contribution is 9.10. The molecular weight excluding hydrogens is 392 g/mol. The molecule has 0 heterocycles. The Bertz CT molecular complexity index is 596. The molecule has 2 aromatic carbocycles. The van der Waals surface area contributed by atoms with Gasteiger partial charge in [0.2, 0.25) is 0 Å². The van der Waals surface area contributed by atoms with Gasteiger partial charge in [0.1, 0.15) is 5.75 Å². The molecule has 0 bridgehead atoms. The second-order valence-corrected chi connectivity index (χ2v) is 7.01. The number of methoxy groups -OCH3 is 1. The maximum atomic E-state index is 5.58. The SMILES string of the molecule is CCC(c1ccccc1)C(Br)c1cc(Br)c(C)cc1OC. The molecule has 2 unspecified atom stereocenters. The highest BCUT2D eigenvalue weighted by Gasteiger charge is 2.24. The number of aryl methyl sites for hydroxylation is 1. The molecule has 0 spiro atoms. The van der Waals surface area contributed by atoms with Crippen LogP contribution in [0.15, 0.2) is 46.9 Å². The third-order valence-corrected chi connectivity index (χ3v) is 5.81. The molecule has 0 aliphatic rings. The minimum Gasteiger partial charge on any atom is -0.496 e. The van der Waals surface area contributed by atoms with Crippen LogP contribution in [0.4, 0.5) is 0 Å². The van der Waals surface area contributed by atoms with Crippen LogP contribution in [0.5, 0.6) is 5.75 Å². The predicted molar refractivity (Wildman–Crippen MR) is 96.6 cm³/mol. The monoisotopic (exact) mass is 410 g/mol. The van der Waals surface area contributed by atoms with E-state index in [1.165, 1.54) is 16.7 Å². The molecule has 21 heavy (non-hydrogen) atoms. The largest absolute Gasteiger partial charge is 0.496 e. The summed E-state index contributed by atoms with van der Waals surface area (Å²) >= 11 is 7.53. The zero-order valence-electron chi connectivity index (χ0n) is 12.6. The van der Waals surface area contributed by atoms with Gasteiger partial charge in [-0.25, -0.2) is 0 Å². The second kappa shape index (κ2) is 7.46. The van der Waals surface area contributed by atoms with Crippen molar-refractivity contribution in [3.63, 3.8) is 0 Å². The van der Waals surface area contributed by atoms with Crippen molar-refractivity contribution in [2.75, 3.05) is 7.11 Å². The molecule has 0 amide bonds. The fourth-order valence-corrected chi connectivity index (χ4v) is 3.99. The van der Waals surface area contributed by atoms with Crippen molar-refractivity contribution in [2.24, 2.45) is 0 Å². The van der Waals surface area contributed by atoms with Gasteiger partial charge in [0.05, 0.1) is 11.9 Å². The van der Waals surface area contributed by atoms with E-state index >= 15 is 0 Å². The first-order chi connectivity index (χ1) is 10.1. The molecule has 1 nitrogen and oxygen atoms in total. The molecule has 2 aromatic rings. The van der Waals surface area contributed by atoms with Crippen molar-refractivity contribution >= 4 is 31.9 Å². The summed E-state index contributed by atoms with van der Waals surface area (Å²) in [6.07, 6.45) is 1.06. The number of ether oxygens (including phenoxy) is 1. The fourth-order valence-electron chi connectivity index (χ4n) is 2.59. The van der Waals surface area contributed by atoms with Crippen LogP contribution >= 0.6 is 31.9 Å². The van der Waals surface area contributed by atoms with Crippen LogP contribution in [0.25, 0.3) is 0 Å². The smallest absolute Gasteiger partial charge is 0.123 e. The summed E-state index contributed by atoms with van der Waals surface area (Å²) in [6.45, 7) is 4.30. The van der Waals surface area contributed by atoms with Gasteiger partial charge < -0.3 is 4.74 Å². The summed E-state index contributed by atoms with van der Waals surface area (Å²) in [6, 6.07) is 14.9. The molecule has 0 N–H and O–H groups in total. The van der Waals surface area contributed by atoms with Crippen LogP contribution in [0.1, 0.15) is 40.8 Å². The molecule has 0 saturated heterocycles. The van der Waals surface area contributed by atoms with Crippen molar-refractivity contribution in [3.8, 4) is 5.75 Å². The van der Waals surface area contributed by atoms with Crippen LogP contribution < -0.4 is 4.74 Å². The standard InChI is InChI=1S/C18H20Br2O/c1-4-14(13-8-6-5-7-9-13)18(20)15-11-16(19)12(2)10-17(15)21-3/h5-11,14,18H,4H2,1-3H3. The van der Waals surface area contributed by atoms with Gasteiger partial charge in [-0.1, -0.05) is 69.1 Å². The molecule has 0 aliphatic heterocycles. The Morgan fingerprint density at radius 3 is 2.38 bits per heavy atom. The minimum atomic E-state index is 0.219. The summed E-state index contributed by atoms with van der Waals surface area (Å²) < 4.78 is 6.70. The molecular formula is C18H20Br2O. The van der Waals surface area contributed by atoms with E-state index in [1.54, 1.807) is 7.11 Å². The van der Waals surface area contributed by atoms with E-state index in [0.717, 1.165) is 16.6 Å². The first-order valence-corrected chi connectivity index (χ1v) is 8.82. The summed E-state index contributed by atoms with van der Waals surface area (Å²) in [7, 11) is 1.73. The van der Waals surface area contributed by atoms with Gasteiger partial charge in [0.15, 0.2) is 0 Å². The predicted octanol–water partition coefficient (Wildman–Crippen LogP) is 6.40. The van der Waals surface area contributed by atoms with Gasteiger partial charge in [-0.2, -0.15) is 0 Å². The Morgan fingerprint density at radius 2 is 1.81 bits per heavy atom. The lowest BCUT2D eigenvalue weighted by Crippen LogP contribution is -2.07. The van der Waals surface area contributed by atoms with Gasteiger partial charge in [0, 0.05) is 16.0 Å². The zero-order chi connectivity index (χ0) is 15.4. The summed E-state index contributed by atoms with van der Waals surface area (Å²) in [5.74, 6) is 1.35. The topological polar surface area (TPSA) is 9.23 Å². The van der Waals surface area contributed by atoms with Crippen LogP contribution in [0, 0.1) is 6.92 Å². The molecule has 2 rings (SSSR count). The number of halogens is 2. The number of hydrogen-bond donors (Lipinski definition) is 0. The number of benzene rings is 2. The maximum Gasteiger partial charge on any atom is 0.123 e. The summed E-state index contributed by atoms with van der Waals surface area (Å²) in [5, 5.41) is 0. The second-order valence-electron chi connectivity index (χ2n) is 5.17. The van der Waals surface area contributed by atoms with Gasteiger partial charge in [-0.15, -0.1) is 0 Å². The zero-order valence-corrected chi connectivity index (χ0v) is 15.7. The average Bonchev–Trinajstić information content (AvgIpc) is 2.51. The van der Waals surface area contributed by atoms with Gasteiger partial charge in [0.25, 0.3) is 0 Å². The van der Waals surface area contributed by atoms with Crippen molar-refractivity contribution in [2.45, 2.75) is 31.0 Å². The Hall–Kier alpha value is -0.800. The van der Waals surface area contributed by atoms with E-state index in [9.17, 15) is 0 Å². The van der Waals surface area contributed by atoms with Crippen LogP contribution in [0.3, 0.4) is 0 Å². The maximum absolute atomic E-state index is 5.58. The van der Waals surface area contributed by atoms with E-state index in [4.69, 9.17) is 4.74 Å². The first-order valence-electron chi connectivity index (χ1n) is 7.11. The lowest BCUT2D eigenvalue weighted by molar-refractivity contribution is 0.407. The van der Waals surface area contributed by atoms with Crippen molar-refractivity contribution in [1.82, 2.24) is 0 Å². The Balaban J connectivity index is 2.42. The molecule has 0 saturated carbocycles. The first kappa shape index (κ1) is 16.6.